The lowest BCUT2D eigenvalue weighted by atomic mass is 9.92. The first-order valence-electron chi connectivity index (χ1n) is 6.94. The van der Waals surface area contributed by atoms with Crippen molar-refractivity contribution in [1.82, 2.24) is 0 Å². The van der Waals surface area contributed by atoms with Crippen LogP contribution in [0.15, 0.2) is 18.2 Å². The molecule has 0 aliphatic heterocycles. The maximum absolute atomic E-state index is 11.4. The number of hydrogen-bond donors (Lipinski definition) is 1. The van der Waals surface area contributed by atoms with Crippen molar-refractivity contribution in [1.29, 1.82) is 0 Å². The van der Waals surface area contributed by atoms with Gasteiger partial charge in [-0.1, -0.05) is 13.8 Å². The Labute approximate surface area is 129 Å². The Morgan fingerprint density at radius 2 is 1.59 bits per heavy atom. The maximum atomic E-state index is 11.4. The lowest BCUT2D eigenvalue weighted by Crippen LogP contribution is -2.03. The molecule has 0 spiro atoms. The number of benzene rings is 2. The Balaban J connectivity index is 2.99. The number of fused-ring (bicyclic) bond motifs is 1. The summed E-state index contributed by atoms with van der Waals surface area (Å²) >= 11 is 0. The standard InChI is InChI=1S/C17H20O5/c1-9(2)15-12-6-10(17(18)19)7-13(20-3)11(12)8-14(21-4)16(15)22-5/h6-9H,1-5H3,(H,18,19). The number of hydrogen-bond acceptors (Lipinski definition) is 4. The third kappa shape index (κ3) is 2.54. The zero-order chi connectivity index (χ0) is 16.4. The molecule has 5 heteroatoms. The van der Waals surface area contributed by atoms with Gasteiger partial charge in [-0.25, -0.2) is 4.79 Å². The molecule has 118 valence electrons. The lowest BCUT2D eigenvalue weighted by Gasteiger charge is -2.20. The smallest absolute Gasteiger partial charge is 0.335 e. The molecule has 5 nitrogen and oxygen atoms in total. The molecule has 22 heavy (non-hydrogen) atoms. The summed E-state index contributed by atoms with van der Waals surface area (Å²) < 4.78 is 16.3. The monoisotopic (exact) mass is 304 g/mol. The Bertz CT molecular complexity index is 719. The highest BCUT2D eigenvalue weighted by molar-refractivity contribution is 6.01. The van der Waals surface area contributed by atoms with E-state index < -0.39 is 5.97 Å². The summed E-state index contributed by atoms with van der Waals surface area (Å²) in [6.07, 6.45) is 0. The quantitative estimate of drug-likeness (QED) is 0.912. The SMILES string of the molecule is COc1cc2c(OC)cc(C(=O)O)cc2c(C(C)C)c1OC. The summed E-state index contributed by atoms with van der Waals surface area (Å²) in [6.45, 7) is 4.05. The summed E-state index contributed by atoms with van der Waals surface area (Å²) in [6, 6.07) is 4.97. The molecular formula is C17H20O5. The Hall–Kier alpha value is -2.43. The first-order valence-corrected chi connectivity index (χ1v) is 6.94. The number of aromatic carboxylic acids is 1. The topological polar surface area (TPSA) is 65.0 Å². The third-order valence-corrected chi connectivity index (χ3v) is 3.64. The number of rotatable bonds is 5. The van der Waals surface area contributed by atoms with E-state index in [2.05, 4.69) is 0 Å². The van der Waals surface area contributed by atoms with Gasteiger partial charge in [0.15, 0.2) is 11.5 Å². The predicted octanol–water partition coefficient (Wildman–Crippen LogP) is 3.69. The zero-order valence-corrected chi connectivity index (χ0v) is 13.4. The summed E-state index contributed by atoms with van der Waals surface area (Å²) in [4.78, 5) is 11.4. The fourth-order valence-electron chi connectivity index (χ4n) is 2.68. The molecule has 2 aromatic carbocycles. The highest BCUT2D eigenvalue weighted by Crippen LogP contribution is 2.44. The number of carboxylic acid groups (broad SMARTS) is 1. The average molecular weight is 304 g/mol. The first kappa shape index (κ1) is 15.9. The van der Waals surface area contributed by atoms with Crippen LogP contribution in [-0.2, 0) is 0 Å². The molecule has 1 N–H and O–H groups in total. The summed E-state index contributed by atoms with van der Waals surface area (Å²) in [7, 11) is 4.67. The van der Waals surface area contributed by atoms with Crippen molar-refractivity contribution >= 4 is 16.7 Å². The minimum absolute atomic E-state index is 0.126. The molecule has 2 aromatic rings. The van der Waals surface area contributed by atoms with Gasteiger partial charge >= 0.3 is 5.97 Å². The van der Waals surface area contributed by atoms with Crippen LogP contribution in [-0.4, -0.2) is 32.4 Å². The van der Waals surface area contributed by atoms with Gasteiger partial charge in [0, 0.05) is 10.9 Å². The Morgan fingerprint density at radius 3 is 2.05 bits per heavy atom. The molecule has 0 aromatic heterocycles. The molecule has 0 fully saturated rings. The van der Waals surface area contributed by atoms with E-state index in [4.69, 9.17) is 14.2 Å². The van der Waals surface area contributed by atoms with Crippen molar-refractivity contribution in [2.75, 3.05) is 21.3 Å². The first-order chi connectivity index (χ1) is 10.4. The number of carboxylic acids is 1. The van der Waals surface area contributed by atoms with Crippen LogP contribution in [0.25, 0.3) is 10.8 Å². The largest absolute Gasteiger partial charge is 0.496 e. The van der Waals surface area contributed by atoms with Gasteiger partial charge in [-0.15, -0.1) is 0 Å². The van der Waals surface area contributed by atoms with Gasteiger partial charge in [-0.2, -0.15) is 0 Å². The van der Waals surface area contributed by atoms with Crippen LogP contribution in [0.3, 0.4) is 0 Å². The van der Waals surface area contributed by atoms with Crippen LogP contribution in [0.4, 0.5) is 0 Å². The van der Waals surface area contributed by atoms with E-state index >= 15 is 0 Å². The van der Waals surface area contributed by atoms with Crippen LogP contribution in [0, 0.1) is 0 Å². The second-order valence-corrected chi connectivity index (χ2v) is 5.26. The van der Waals surface area contributed by atoms with Crippen molar-refractivity contribution < 1.29 is 24.1 Å². The van der Waals surface area contributed by atoms with E-state index in [1.807, 2.05) is 19.9 Å². The van der Waals surface area contributed by atoms with Crippen LogP contribution in [0.5, 0.6) is 17.2 Å². The molecule has 0 aliphatic carbocycles. The van der Waals surface area contributed by atoms with Gasteiger partial charge < -0.3 is 19.3 Å². The summed E-state index contributed by atoms with van der Waals surface area (Å²) in [5.74, 6) is 0.846. The third-order valence-electron chi connectivity index (χ3n) is 3.64. The molecule has 0 unspecified atom stereocenters. The highest BCUT2D eigenvalue weighted by Gasteiger charge is 2.21. The fraction of sp³-hybridized carbons (Fsp3) is 0.353. The number of carbonyl (C=O) groups is 1. The molecule has 0 atom stereocenters. The van der Waals surface area contributed by atoms with E-state index in [9.17, 15) is 9.90 Å². The van der Waals surface area contributed by atoms with Crippen molar-refractivity contribution in [3.05, 3.63) is 29.3 Å². The fourth-order valence-corrected chi connectivity index (χ4v) is 2.68. The normalized spacial score (nSPS) is 10.8. The molecule has 0 saturated carbocycles. The van der Waals surface area contributed by atoms with Gasteiger partial charge in [0.05, 0.1) is 26.9 Å². The molecule has 2 rings (SSSR count). The Morgan fingerprint density at radius 1 is 0.955 bits per heavy atom. The van der Waals surface area contributed by atoms with Crippen molar-refractivity contribution in [3.8, 4) is 17.2 Å². The van der Waals surface area contributed by atoms with Gasteiger partial charge in [-0.05, 0) is 29.5 Å². The van der Waals surface area contributed by atoms with Gasteiger partial charge in [0.2, 0.25) is 0 Å². The van der Waals surface area contributed by atoms with Crippen molar-refractivity contribution in [2.24, 2.45) is 0 Å². The van der Waals surface area contributed by atoms with Crippen molar-refractivity contribution in [3.63, 3.8) is 0 Å². The minimum Gasteiger partial charge on any atom is -0.496 e. The van der Waals surface area contributed by atoms with Crippen molar-refractivity contribution in [2.45, 2.75) is 19.8 Å². The molecular weight excluding hydrogens is 284 g/mol. The molecule has 0 amide bonds. The molecule has 0 radical (unpaired) electrons. The van der Waals surface area contributed by atoms with E-state index in [0.717, 1.165) is 16.3 Å². The molecule has 0 heterocycles. The van der Waals surface area contributed by atoms with Crippen LogP contribution in [0.1, 0.15) is 35.7 Å². The van der Waals surface area contributed by atoms with E-state index in [1.165, 1.54) is 13.2 Å². The van der Waals surface area contributed by atoms with Gasteiger partial charge in [0.1, 0.15) is 5.75 Å². The predicted molar refractivity (Wildman–Crippen MR) is 84.7 cm³/mol. The van der Waals surface area contributed by atoms with E-state index in [0.29, 0.717) is 17.2 Å². The van der Waals surface area contributed by atoms with Crippen LogP contribution < -0.4 is 14.2 Å². The highest BCUT2D eigenvalue weighted by atomic mass is 16.5. The Kier molecular flexibility index (Phi) is 4.45. The van der Waals surface area contributed by atoms with Gasteiger partial charge in [0.25, 0.3) is 0 Å². The second kappa shape index (κ2) is 6.13. The molecule has 0 aliphatic rings. The number of methoxy groups -OCH3 is 3. The van der Waals surface area contributed by atoms with E-state index in [1.54, 1.807) is 20.3 Å². The molecule has 0 saturated heterocycles. The van der Waals surface area contributed by atoms with E-state index in [-0.39, 0.29) is 11.5 Å². The summed E-state index contributed by atoms with van der Waals surface area (Å²) in [5.41, 5.74) is 1.08. The lowest BCUT2D eigenvalue weighted by molar-refractivity contribution is 0.0696. The van der Waals surface area contributed by atoms with Crippen LogP contribution >= 0.6 is 0 Å². The van der Waals surface area contributed by atoms with Gasteiger partial charge in [-0.3, -0.25) is 0 Å². The maximum Gasteiger partial charge on any atom is 0.335 e. The average Bonchev–Trinajstić information content (AvgIpc) is 2.51. The molecule has 0 bridgehead atoms. The minimum atomic E-state index is -0.996. The zero-order valence-electron chi connectivity index (χ0n) is 13.4. The number of ether oxygens (including phenoxy) is 3. The van der Waals surface area contributed by atoms with Crippen LogP contribution in [0.2, 0.25) is 0 Å². The second-order valence-electron chi connectivity index (χ2n) is 5.26. The summed E-state index contributed by atoms with van der Waals surface area (Å²) in [5, 5.41) is 10.9.